The number of sulfonamides is 1. The number of nitrogens with two attached hydrogens (primary N) is 1. The molecule has 2 N–H and O–H groups in total. The number of hydrogen-bond acceptors (Lipinski definition) is 3. The number of benzene rings is 2. The van der Waals surface area contributed by atoms with Gasteiger partial charge in [0, 0.05) is 6.54 Å². The molecule has 2 aromatic rings. The molecule has 0 aliphatic carbocycles. The largest absolute Gasteiger partial charge is 0.398 e. The molecule has 0 saturated heterocycles. The van der Waals surface area contributed by atoms with Gasteiger partial charge in [-0.05, 0) is 43.5 Å². The van der Waals surface area contributed by atoms with E-state index >= 15 is 0 Å². The molecular weight excluding hydrogens is 284 g/mol. The fourth-order valence-corrected chi connectivity index (χ4v) is 4.44. The van der Waals surface area contributed by atoms with Crippen LogP contribution in [0.1, 0.15) is 17.5 Å². The standard InChI is InChI=1S/C16H18N2O2S/c1-12-8-9-15-13(11-12)5-4-10-18(15)21(19,20)16-7-3-2-6-14(16)17/h2-3,6-9,11H,4-5,10,17H2,1H3. The Morgan fingerprint density at radius 3 is 2.67 bits per heavy atom. The molecule has 1 aliphatic rings. The van der Waals surface area contributed by atoms with Gasteiger partial charge in [0.05, 0.1) is 11.4 Å². The Morgan fingerprint density at radius 2 is 1.90 bits per heavy atom. The average molecular weight is 302 g/mol. The van der Waals surface area contributed by atoms with Crippen LogP contribution in [-0.2, 0) is 16.4 Å². The van der Waals surface area contributed by atoms with Crippen LogP contribution < -0.4 is 10.0 Å². The van der Waals surface area contributed by atoms with E-state index in [0.717, 1.165) is 29.7 Å². The maximum absolute atomic E-state index is 12.9. The highest BCUT2D eigenvalue weighted by atomic mass is 32.2. The smallest absolute Gasteiger partial charge is 0.266 e. The summed E-state index contributed by atoms with van der Waals surface area (Å²) >= 11 is 0. The number of hydrogen-bond donors (Lipinski definition) is 1. The maximum atomic E-state index is 12.9. The Kier molecular flexibility index (Phi) is 3.37. The van der Waals surface area contributed by atoms with Crippen LogP contribution in [0.25, 0.3) is 0 Å². The molecule has 4 nitrogen and oxygen atoms in total. The van der Waals surface area contributed by atoms with Gasteiger partial charge in [-0.1, -0.05) is 29.8 Å². The lowest BCUT2D eigenvalue weighted by atomic mass is 10.0. The van der Waals surface area contributed by atoms with E-state index in [4.69, 9.17) is 5.73 Å². The van der Waals surface area contributed by atoms with Crippen molar-refractivity contribution < 1.29 is 8.42 Å². The van der Waals surface area contributed by atoms with Gasteiger partial charge in [-0.2, -0.15) is 0 Å². The van der Waals surface area contributed by atoms with E-state index in [0.29, 0.717) is 6.54 Å². The second kappa shape index (κ2) is 5.07. The lowest BCUT2D eigenvalue weighted by molar-refractivity contribution is 0.587. The molecule has 0 amide bonds. The number of anilines is 2. The van der Waals surface area contributed by atoms with Gasteiger partial charge < -0.3 is 5.73 Å². The van der Waals surface area contributed by atoms with Gasteiger partial charge in [-0.15, -0.1) is 0 Å². The number of fused-ring (bicyclic) bond motifs is 1. The third-order valence-electron chi connectivity index (χ3n) is 3.80. The molecule has 2 aromatic carbocycles. The zero-order valence-corrected chi connectivity index (χ0v) is 12.7. The van der Waals surface area contributed by atoms with Crippen molar-refractivity contribution >= 4 is 21.4 Å². The van der Waals surface area contributed by atoms with Gasteiger partial charge in [-0.3, -0.25) is 4.31 Å². The van der Waals surface area contributed by atoms with Gasteiger partial charge in [0.15, 0.2) is 0 Å². The summed E-state index contributed by atoms with van der Waals surface area (Å²) in [4.78, 5) is 0.179. The van der Waals surface area contributed by atoms with Gasteiger partial charge in [-0.25, -0.2) is 8.42 Å². The first-order chi connectivity index (χ1) is 10.00. The van der Waals surface area contributed by atoms with Crippen LogP contribution in [0.4, 0.5) is 11.4 Å². The molecule has 0 fully saturated rings. The minimum absolute atomic E-state index is 0.179. The zero-order chi connectivity index (χ0) is 15.0. The highest BCUT2D eigenvalue weighted by Crippen LogP contribution is 2.33. The first kappa shape index (κ1) is 13.9. The fourth-order valence-electron chi connectivity index (χ4n) is 2.78. The van der Waals surface area contributed by atoms with Crippen molar-refractivity contribution in [2.45, 2.75) is 24.7 Å². The Bertz CT molecular complexity index is 785. The summed E-state index contributed by atoms with van der Waals surface area (Å²) in [6.45, 7) is 2.51. The lowest BCUT2D eigenvalue weighted by Crippen LogP contribution is -2.35. The number of rotatable bonds is 2. The first-order valence-electron chi connectivity index (χ1n) is 6.97. The molecule has 0 aromatic heterocycles. The number of aryl methyl sites for hydroxylation is 2. The Morgan fingerprint density at radius 1 is 1.14 bits per heavy atom. The predicted octanol–water partition coefficient (Wildman–Crippen LogP) is 2.72. The van der Waals surface area contributed by atoms with E-state index < -0.39 is 10.0 Å². The van der Waals surface area contributed by atoms with Crippen LogP contribution in [0.3, 0.4) is 0 Å². The molecular formula is C16H18N2O2S. The van der Waals surface area contributed by atoms with Crippen molar-refractivity contribution in [3.8, 4) is 0 Å². The molecule has 0 atom stereocenters. The van der Waals surface area contributed by atoms with Crippen molar-refractivity contribution in [3.05, 3.63) is 53.6 Å². The normalized spacial score (nSPS) is 14.8. The zero-order valence-electron chi connectivity index (χ0n) is 11.9. The number of nitrogens with zero attached hydrogens (tertiary/aromatic N) is 1. The van der Waals surface area contributed by atoms with Gasteiger partial charge in [0.25, 0.3) is 10.0 Å². The summed E-state index contributed by atoms with van der Waals surface area (Å²) in [6.07, 6.45) is 1.73. The van der Waals surface area contributed by atoms with Gasteiger partial charge >= 0.3 is 0 Å². The summed E-state index contributed by atoms with van der Waals surface area (Å²) < 4.78 is 27.3. The van der Waals surface area contributed by atoms with Crippen molar-refractivity contribution in [2.24, 2.45) is 0 Å². The van der Waals surface area contributed by atoms with Crippen LogP contribution in [0.2, 0.25) is 0 Å². The molecule has 0 bridgehead atoms. The van der Waals surface area contributed by atoms with Gasteiger partial charge in [0.2, 0.25) is 0 Å². The Hall–Kier alpha value is -2.01. The second-order valence-electron chi connectivity index (χ2n) is 5.35. The number of nitrogen functional groups attached to an aromatic ring is 1. The molecule has 3 rings (SSSR count). The molecule has 1 aliphatic heterocycles. The molecule has 0 spiro atoms. The first-order valence-corrected chi connectivity index (χ1v) is 8.41. The van der Waals surface area contributed by atoms with E-state index in [-0.39, 0.29) is 10.6 Å². The van der Waals surface area contributed by atoms with Crippen LogP contribution in [0.5, 0.6) is 0 Å². The van der Waals surface area contributed by atoms with E-state index in [1.807, 2.05) is 19.1 Å². The fraction of sp³-hybridized carbons (Fsp3) is 0.250. The summed E-state index contributed by atoms with van der Waals surface area (Å²) in [5, 5.41) is 0. The Balaban J connectivity index is 2.12. The molecule has 110 valence electrons. The molecule has 0 unspecified atom stereocenters. The van der Waals surface area contributed by atoms with Crippen molar-refractivity contribution in [2.75, 3.05) is 16.6 Å². The van der Waals surface area contributed by atoms with E-state index in [2.05, 4.69) is 6.07 Å². The SMILES string of the molecule is Cc1ccc2c(c1)CCCN2S(=O)(=O)c1ccccc1N. The second-order valence-corrected chi connectivity index (χ2v) is 7.18. The highest BCUT2D eigenvalue weighted by Gasteiger charge is 2.30. The topological polar surface area (TPSA) is 63.4 Å². The predicted molar refractivity (Wildman–Crippen MR) is 84.9 cm³/mol. The quantitative estimate of drug-likeness (QED) is 0.868. The van der Waals surface area contributed by atoms with Crippen LogP contribution in [-0.4, -0.2) is 15.0 Å². The summed E-state index contributed by atoms with van der Waals surface area (Å²) in [7, 11) is -3.61. The van der Waals surface area contributed by atoms with Crippen LogP contribution in [0.15, 0.2) is 47.4 Å². The monoisotopic (exact) mass is 302 g/mol. The lowest BCUT2D eigenvalue weighted by Gasteiger charge is -2.31. The van der Waals surface area contributed by atoms with E-state index in [9.17, 15) is 8.42 Å². The Labute approximate surface area is 125 Å². The highest BCUT2D eigenvalue weighted by molar-refractivity contribution is 7.93. The third kappa shape index (κ3) is 2.38. The minimum atomic E-state index is -3.61. The van der Waals surface area contributed by atoms with E-state index in [1.165, 1.54) is 4.31 Å². The van der Waals surface area contributed by atoms with Crippen LogP contribution in [0, 0.1) is 6.92 Å². The molecule has 21 heavy (non-hydrogen) atoms. The van der Waals surface area contributed by atoms with Crippen molar-refractivity contribution in [3.63, 3.8) is 0 Å². The van der Waals surface area contributed by atoms with E-state index in [1.54, 1.807) is 24.3 Å². The van der Waals surface area contributed by atoms with Crippen LogP contribution >= 0.6 is 0 Å². The summed E-state index contributed by atoms with van der Waals surface area (Å²) in [6, 6.07) is 12.5. The van der Waals surface area contributed by atoms with Gasteiger partial charge in [0.1, 0.15) is 4.90 Å². The third-order valence-corrected chi connectivity index (χ3v) is 5.69. The maximum Gasteiger partial charge on any atom is 0.266 e. The molecule has 5 heteroatoms. The average Bonchev–Trinajstić information content (AvgIpc) is 2.46. The minimum Gasteiger partial charge on any atom is -0.398 e. The molecule has 0 radical (unpaired) electrons. The summed E-state index contributed by atoms with van der Waals surface area (Å²) in [5.41, 5.74) is 9.14. The van der Waals surface area contributed by atoms with Crippen molar-refractivity contribution in [1.82, 2.24) is 0 Å². The molecule has 1 heterocycles. The molecule has 0 saturated carbocycles. The number of para-hydroxylation sites is 1. The summed E-state index contributed by atoms with van der Waals surface area (Å²) in [5.74, 6) is 0. The van der Waals surface area contributed by atoms with Crippen molar-refractivity contribution in [1.29, 1.82) is 0 Å².